The molecule has 1 aliphatic carbocycles. The van der Waals surface area contributed by atoms with E-state index in [0.717, 1.165) is 11.3 Å². The van der Waals surface area contributed by atoms with E-state index in [1.54, 1.807) is 0 Å². The van der Waals surface area contributed by atoms with Gasteiger partial charge in [0, 0.05) is 11.1 Å². The zero-order valence-corrected chi connectivity index (χ0v) is 16.2. The standard InChI is InChI=1S/C23H31N/c1-15(2)19(7)24-23(21-13-9-8-11-18(21)6)22(16(3)4)20-14-10-12-17(20)5/h8-9,11,13,19H,1,10,12,14H2,2-7H3. The van der Waals surface area contributed by atoms with Gasteiger partial charge >= 0.3 is 0 Å². The molecule has 0 bridgehead atoms. The number of benzene rings is 1. The minimum Gasteiger partial charge on any atom is -0.277 e. The molecule has 0 fully saturated rings. The van der Waals surface area contributed by atoms with Crippen molar-refractivity contribution in [2.75, 3.05) is 0 Å². The number of aryl methyl sites for hydroxylation is 1. The Morgan fingerprint density at radius 3 is 2.25 bits per heavy atom. The third kappa shape index (κ3) is 3.95. The van der Waals surface area contributed by atoms with Gasteiger partial charge in [0.05, 0.1) is 11.8 Å². The Morgan fingerprint density at radius 1 is 1.08 bits per heavy atom. The Kier molecular flexibility index (Phi) is 5.99. The molecule has 1 aromatic rings. The smallest absolute Gasteiger partial charge is 0.0730 e. The van der Waals surface area contributed by atoms with Crippen molar-refractivity contribution in [1.29, 1.82) is 0 Å². The molecule has 1 unspecified atom stereocenters. The first-order valence-electron chi connectivity index (χ1n) is 8.99. The molecule has 0 aromatic heterocycles. The van der Waals surface area contributed by atoms with Crippen LogP contribution in [-0.2, 0) is 0 Å². The second kappa shape index (κ2) is 7.79. The second-order valence-corrected chi connectivity index (χ2v) is 7.30. The SMILES string of the molecule is C=C(C)C(C)N=C(C(=C(C)C)C1=C(C)CCC1)c1ccccc1C. The zero-order valence-electron chi connectivity index (χ0n) is 16.2. The van der Waals surface area contributed by atoms with Crippen LogP contribution in [0, 0.1) is 6.92 Å². The fourth-order valence-electron chi connectivity index (χ4n) is 3.33. The van der Waals surface area contributed by atoms with Gasteiger partial charge in [-0.1, -0.05) is 47.6 Å². The monoisotopic (exact) mass is 321 g/mol. The van der Waals surface area contributed by atoms with E-state index < -0.39 is 0 Å². The average Bonchev–Trinajstić information content (AvgIpc) is 2.92. The van der Waals surface area contributed by atoms with Crippen molar-refractivity contribution in [1.82, 2.24) is 0 Å². The largest absolute Gasteiger partial charge is 0.277 e. The summed E-state index contributed by atoms with van der Waals surface area (Å²) in [4.78, 5) is 5.13. The molecule has 128 valence electrons. The summed E-state index contributed by atoms with van der Waals surface area (Å²) in [5.74, 6) is 0. The number of hydrogen-bond donors (Lipinski definition) is 0. The molecule has 0 aliphatic heterocycles. The van der Waals surface area contributed by atoms with Crippen molar-refractivity contribution in [2.24, 2.45) is 4.99 Å². The van der Waals surface area contributed by atoms with Gasteiger partial charge in [-0.3, -0.25) is 4.99 Å². The second-order valence-electron chi connectivity index (χ2n) is 7.30. The van der Waals surface area contributed by atoms with Gasteiger partial charge in [0.15, 0.2) is 0 Å². The van der Waals surface area contributed by atoms with E-state index in [1.807, 2.05) is 0 Å². The highest BCUT2D eigenvalue weighted by Crippen LogP contribution is 2.35. The lowest BCUT2D eigenvalue weighted by atomic mass is 9.88. The molecule has 1 aliphatic rings. The summed E-state index contributed by atoms with van der Waals surface area (Å²) in [6.45, 7) is 17.2. The van der Waals surface area contributed by atoms with Crippen molar-refractivity contribution in [3.63, 3.8) is 0 Å². The van der Waals surface area contributed by atoms with E-state index in [-0.39, 0.29) is 6.04 Å². The molecule has 1 heteroatoms. The first-order chi connectivity index (χ1) is 11.3. The van der Waals surface area contributed by atoms with Gasteiger partial charge in [-0.05, 0) is 71.9 Å². The normalized spacial score (nSPS) is 16.3. The van der Waals surface area contributed by atoms with Crippen molar-refractivity contribution >= 4 is 5.71 Å². The molecule has 0 saturated carbocycles. The molecule has 0 amide bonds. The molecule has 0 saturated heterocycles. The summed E-state index contributed by atoms with van der Waals surface area (Å²) in [6.07, 6.45) is 3.64. The number of allylic oxidation sites excluding steroid dienone is 4. The average molecular weight is 322 g/mol. The van der Waals surface area contributed by atoms with E-state index in [1.165, 1.54) is 52.7 Å². The molecular formula is C23H31N. The molecular weight excluding hydrogens is 290 g/mol. The summed E-state index contributed by atoms with van der Waals surface area (Å²) in [6, 6.07) is 8.71. The molecule has 24 heavy (non-hydrogen) atoms. The van der Waals surface area contributed by atoms with Crippen LogP contribution in [0.5, 0.6) is 0 Å². The van der Waals surface area contributed by atoms with Gasteiger partial charge in [-0.2, -0.15) is 0 Å². The van der Waals surface area contributed by atoms with E-state index in [4.69, 9.17) is 4.99 Å². The van der Waals surface area contributed by atoms with Crippen LogP contribution in [0.1, 0.15) is 65.0 Å². The topological polar surface area (TPSA) is 12.4 Å². The Balaban J connectivity index is 2.70. The van der Waals surface area contributed by atoms with Crippen LogP contribution in [-0.4, -0.2) is 11.8 Å². The van der Waals surface area contributed by atoms with Gasteiger partial charge in [-0.25, -0.2) is 0 Å². The quantitative estimate of drug-likeness (QED) is 0.429. The maximum atomic E-state index is 5.13. The first-order valence-corrected chi connectivity index (χ1v) is 8.99. The predicted molar refractivity (Wildman–Crippen MR) is 107 cm³/mol. The number of hydrogen-bond acceptors (Lipinski definition) is 1. The maximum absolute atomic E-state index is 5.13. The zero-order chi connectivity index (χ0) is 17.9. The van der Waals surface area contributed by atoms with Gasteiger partial charge in [0.2, 0.25) is 0 Å². The van der Waals surface area contributed by atoms with Crippen molar-refractivity contribution in [2.45, 2.75) is 66.8 Å². The lowest BCUT2D eigenvalue weighted by molar-refractivity contribution is 0.864. The minimum absolute atomic E-state index is 0.122. The summed E-state index contributed by atoms with van der Waals surface area (Å²) < 4.78 is 0. The predicted octanol–water partition coefficient (Wildman–Crippen LogP) is 6.59. The highest BCUT2D eigenvalue weighted by molar-refractivity contribution is 6.16. The van der Waals surface area contributed by atoms with E-state index >= 15 is 0 Å². The number of rotatable bonds is 5. The van der Waals surface area contributed by atoms with Crippen LogP contribution in [0.25, 0.3) is 0 Å². The highest BCUT2D eigenvalue weighted by atomic mass is 14.8. The highest BCUT2D eigenvalue weighted by Gasteiger charge is 2.22. The summed E-state index contributed by atoms with van der Waals surface area (Å²) in [5, 5.41) is 0. The van der Waals surface area contributed by atoms with E-state index in [2.05, 4.69) is 72.4 Å². The molecule has 1 aromatic carbocycles. The first kappa shape index (κ1) is 18.4. The molecule has 2 rings (SSSR count). The Labute approximate surface area is 147 Å². The fourth-order valence-corrected chi connectivity index (χ4v) is 3.33. The molecule has 0 spiro atoms. The van der Waals surface area contributed by atoms with Crippen LogP contribution in [0.15, 0.2) is 63.7 Å². The lowest BCUT2D eigenvalue weighted by Crippen LogP contribution is -2.15. The van der Waals surface area contributed by atoms with Crippen molar-refractivity contribution < 1.29 is 0 Å². The summed E-state index contributed by atoms with van der Waals surface area (Å²) >= 11 is 0. The van der Waals surface area contributed by atoms with Crippen molar-refractivity contribution in [3.8, 4) is 0 Å². The maximum Gasteiger partial charge on any atom is 0.0730 e. The Hall–Kier alpha value is -1.89. The summed E-state index contributed by atoms with van der Waals surface area (Å²) in [5.41, 5.74) is 10.5. The Bertz CT molecular complexity index is 724. The summed E-state index contributed by atoms with van der Waals surface area (Å²) in [7, 11) is 0. The minimum atomic E-state index is 0.122. The van der Waals surface area contributed by atoms with Crippen LogP contribution in [0.2, 0.25) is 0 Å². The molecule has 0 N–H and O–H groups in total. The van der Waals surface area contributed by atoms with Crippen LogP contribution in [0.3, 0.4) is 0 Å². The Morgan fingerprint density at radius 2 is 1.75 bits per heavy atom. The van der Waals surface area contributed by atoms with Gasteiger partial charge in [-0.15, -0.1) is 0 Å². The van der Waals surface area contributed by atoms with Crippen LogP contribution in [0.4, 0.5) is 0 Å². The number of aliphatic imine (C=N–C) groups is 1. The van der Waals surface area contributed by atoms with E-state index in [0.29, 0.717) is 0 Å². The third-order valence-corrected chi connectivity index (χ3v) is 4.97. The van der Waals surface area contributed by atoms with Gasteiger partial charge < -0.3 is 0 Å². The number of nitrogens with zero attached hydrogens (tertiary/aromatic N) is 1. The van der Waals surface area contributed by atoms with Crippen LogP contribution >= 0.6 is 0 Å². The fraction of sp³-hybridized carbons (Fsp3) is 0.435. The van der Waals surface area contributed by atoms with Gasteiger partial charge in [0.25, 0.3) is 0 Å². The van der Waals surface area contributed by atoms with Gasteiger partial charge in [0.1, 0.15) is 0 Å². The van der Waals surface area contributed by atoms with Crippen molar-refractivity contribution in [3.05, 3.63) is 69.8 Å². The van der Waals surface area contributed by atoms with E-state index in [9.17, 15) is 0 Å². The molecule has 1 nitrogen and oxygen atoms in total. The molecule has 0 heterocycles. The molecule has 1 atom stereocenters. The molecule has 0 radical (unpaired) electrons. The van der Waals surface area contributed by atoms with Crippen LogP contribution < -0.4 is 0 Å². The third-order valence-electron chi connectivity index (χ3n) is 4.97. The lowest BCUT2D eigenvalue weighted by Gasteiger charge is -2.20.